The van der Waals surface area contributed by atoms with Gasteiger partial charge in [0.1, 0.15) is 0 Å². The summed E-state index contributed by atoms with van der Waals surface area (Å²) in [5, 5.41) is 6.69. The standard InChI is InChI=1S/C17H29N5.HI/c1-2-18-17(20-11-9-16-8-4-5-10-19-16)21-12-15-22-13-6-3-7-14-22;/h4-5,8,10H,2-3,6-7,9,11-15H2,1H3,(H2,18,20,21);1H. The Morgan fingerprint density at radius 3 is 2.74 bits per heavy atom. The summed E-state index contributed by atoms with van der Waals surface area (Å²) in [6.07, 6.45) is 6.82. The van der Waals surface area contributed by atoms with E-state index >= 15 is 0 Å². The maximum absolute atomic E-state index is 4.67. The van der Waals surface area contributed by atoms with Crippen molar-refractivity contribution < 1.29 is 0 Å². The van der Waals surface area contributed by atoms with Gasteiger partial charge in [-0.05, 0) is 45.0 Å². The highest BCUT2D eigenvalue weighted by molar-refractivity contribution is 14.0. The summed E-state index contributed by atoms with van der Waals surface area (Å²) >= 11 is 0. The third-order valence-corrected chi connectivity index (χ3v) is 3.88. The molecule has 2 N–H and O–H groups in total. The molecular formula is C17H30IN5. The Morgan fingerprint density at radius 2 is 2.04 bits per heavy atom. The van der Waals surface area contributed by atoms with Gasteiger partial charge in [0.15, 0.2) is 5.96 Å². The highest BCUT2D eigenvalue weighted by Crippen LogP contribution is 2.07. The molecule has 6 heteroatoms. The van der Waals surface area contributed by atoms with Gasteiger partial charge in [0, 0.05) is 37.9 Å². The third kappa shape index (κ3) is 8.50. The molecule has 1 aromatic heterocycles. The van der Waals surface area contributed by atoms with Gasteiger partial charge in [-0.1, -0.05) is 12.5 Å². The van der Waals surface area contributed by atoms with E-state index in [9.17, 15) is 0 Å². The second-order valence-electron chi connectivity index (χ2n) is 5.66. The molecule has 2 heterocycles. The molecule has 0 saturated carbocycles. The van der Waals surface area contributed by atoms with Crippen LogP contribution in [0.15, 0.2) is 29.4 Å². The first-order valence-electron chi connectivity index (χ1n) is 8.53. The van der Waals surface area contributed by atoms with Crippen LogP contribution in [0.5, 0.6) is 0 Å². The van der Waals surface area contributed by atoms with Crippen LogP contribution in [-0.4, -0.2) is 55.1 Å². The lowest BCUT2D eigenvalue weighted by Crippen LogP contribution is -2.39. The molecule has 1 fully saturated rings. The van der Waals surface area contributed by atoms with Crippen LogP contribution in [0.2, 0.25) is 0 Å². The predicted octanol–water partition coefficient (Wildman–Crippen LogP) is 2.28. The van der Waals surface area contributed by atoms with Gasteiger partial charge in [0.2, 0.25) is 0 Å². The summed E-state index contributed by atoms with van der Waals surface area (Å²) in [5.41, 5.74) is 1.11. The molecule has 23 heavy (non-hydrogen) atoms. The van der Waals surface area contributed by atoms with E-state index in [1.54, 1.807) is 0 Å². The van der Waals surface area contributed by atoms with E-state index in [4.69, 9.17) is 0 Å². The number of pyridine rings is 1. The molecule has 0 aromatic carbocycles. The fraction of sp³-hybridized carbons (Fsp3) is 0.647. The van der Waals surface area contributed by atoms with Gasteiger partial charge in [0.05, 0.1) is 6.54 Å². The topological polar surface area (TPSA) is 52.6 Å². The molecule has 1 saturated heterocycles. The average Bonchev–Trinajstić information content (AvgIpc) is 2.57. The van der Waals surface area contributed by atoms with Crippen molar-refractivity contribution in [1.29, 1.82) is 0 Å². The molecule has 1 aliphatic rings. The van der Waals surface area contributed by atoms with Gasteiger partial charge in [-0.15, -0.1) is 24.0 Å². The number of piperidine rings is 1. The summed E-state index contributed by atoms with van der Waals surface area (Å²) < 4.78 is 0. The van der Waals surface area contributed by atoms with E-state index in [1.807, 2.05) is 18.3 Å². The van der Waals surface area contributed by atoms with Crippen LogP contribution in [-0.2, 0) is 6.42 Å². The van der Waals surface area contributed by atoms with Crippen LogP contribution in [0.25, 0.3) is 0 Å². The van der Waals surface area contributed by atoms with Crippen LogP contribution >= 0.6 is 24.0 Å². The van der Waals surface area contributed by atoms with Crippen molar-refractivity contribution in [3.63, 3.8) is 0 Å². The highest BCUT2D eigenvalue weighted by Gasteiger charge is 2.08. The van der Waals surface area contributed by atoms with Crippen molar-refractivity contribution in [2.45, 2.75) is 32.6 Å². The Bertz CT molecular complexity index is 432. The molecule has 0 spiro atoms. The number of halogens is 1. The zero-order valence-electron chi connectivity index (χ0n) is 14.1. The maximum atomic E-state index is 4.67. The normalized spacial score (nSPS) is 15.8. The first kappa shape index (κ1) is 20.2. The van der Waals surface area contributed by atoms with Crippen molar-refractivity contribution in [2.75, 3.05) is 39.3 Å². The van der Waals surface area contributed by atoms with Crippen molar-refractivity contribution in [3.8, 4) is 0 Å². The van der Waals surface area contributed by atoms with Crippen LogP contribution in [0.4, 0.5) is 0 Å². The zero-order chi connectivity index (χ0) is 15.5. The molecule has 2 rings (SSSR count). The van der Waals surface area contributed by atoms with Crippen LogP contribution in [0, 0.1) is 0 Å². The fourth-order valence-corrected chi connectivity index (χ4v) is 2.68. The Morgan fingerprint density at radius 1 is 1.22 bits per heavy atom. The molecular weight excluding hydrogens is 401 g/mol. The van der Waals surface area contributed by atoms with E-state index in [0.717, 1.165) is 44.3 Å². The minimum Gasteiger partial charge on any atom is -0.357 e. The lowest BCUT2D eigenvalue weighted by molar-refractivity contribution is 0.235. The molecule has 1 aliphatic heterocycles. The van der Waals surface area contributed by atoms with Gasteiger partial charge < -0.3 is 15.5 Å². The third-order valence-electron chi connectivity index (χ3n) is 3.88. The Hall–Kier alpha value is -0.890. The van der Waals surface area contributed by atoms with E-state index < -0.39 is 0 Å². The van der Waals surface area contributed by atoms with E-state index in [1.165, 1.54) is 32.4 Å². The predicted molar refractivity (Wildman–Crippen MR) is 108 cm³/mol. The molecule has 1 aromatic rings. The maximum Gasteiger partial charge on any atom is 0.191 e. The summed E-state index contributed by atoms with van der Waals surface area (Å²) in [5.74, 6) is 0.912. The molecule has 0 aliphatic carbocycles. The fourth-order valence-electron chi connectivity index (χ4n) is 2.68. The first-order valence-corrected chi connectivity index (χ1v) is 8.53. The number of nitrogens with one attached hydrogen (secondary N) is 2. The van der Waals surface area contributed by atoms with Crippen molar-refractivity contribution >= 4 is 29.9 Å². The summed E-state index contributed by atoms with van der Waals surface area (Å²) in [6, 6.07) is 6.03. The number of hydrogen-bond donors (Lipinski definition) is 2. The zero-order valence-corrected chi connectivity index (χ0v) is 16.5. The second-order valence-corrected chi connectivity index (χ2v) is 5.66. The van der Waals surface area contributed by atoms with Gasteiger partial charge >= 0.3 is 0 Å². The molecule has 0 radical (unpaired) electrons. The summed E-state index contributed by atoms with van der Waals surface area (Å²) in [7, 11) is 0. The molecule has 5 nitrogen and oxygen atoms in total. The molecule has 0 amide bonds. The van der Waals surface area contributed by atoms with E-state index in [0.29, 0.717) is 0 Å². The monoisotopic (exact) mass is 431 g/mol. The highest BCUT2D eigenvalue weighted by atomic mass is 127. The van der Waals surface area contributed by atoms with Gasteiger partial charge in [-0.3, -0.25) is 9.98 Å². The summed E-state index contributed by atoms with van der Waals surface area (Å²) in [4.78, 5) is 11.5. The van der Waals surface area contributed by atoms with Gasteiger partial charge in [-0.2, -0.15) is 0 Å². The van der Waals surface area contributed by atoms with Crippen molar-refractivity contribution in [1.82, 2.24) is 20.5 Å². The van der Waals surface area contributed by atoms with Gasteiger partial charge in [0.25, 0.3) is 0 Å². The lowest BCUT2D eigenvalue weighted by Gasteiger charge is -2.25. The lowest BCUT2D eigenvalue weighted by atomic mass is 10.1. The molecule has 0 unspecified atom stereocenters. The Balaban J connectivity index is 0.00000264. The number of rotatable bonds is 7. The summed E-state index contributed by atoms with van der Waals surface area (Å²) in [6.45, 7) is 8.24. The number of guanidine groups is 1. The van der Waals surface area contributed by atoms with Crippen molar-refractivity contribution in [2.24, 2.45) is 4.99 Å². The molecule has 0 bridgehead atoms. The van der Waals surface area contributed by atoms with Crippen LogP contribution < -0.4 is 10.6 Å². The average molecular weight is 431 g/mol. The minimum atomic E-state index is 0. The second kappa shape index (κ2) is 12.5. The number of likely N-dealkylation sites (tertiary alicyclic amines) is 1. The first-order chi connectivity index (χ1) is 10.9. The smallest absolute Gasteiger partial charge is 0.191 e. The number of aromatic nitrogens is 1. The number of aliphatic imine (C=N–C) groups is 1. The van der Waals surface area contributed by atoms with Crippen LogP contribution in [0.3, 0.4) is 0 Å². The number of hydrogen-bond acceptors (Lipinski definition) is 3. The molecule has 0 atom stereocenters. The van der Waals surface area contributed by atoms with E-state index in [2.05, 4.69) is 38.5 Å². The van der Waals surface area contributed by atoms with Crippen LogP contribution in [0.1, 0.15) is 31.9 Å². The quantitative estimate of drug-likeness (QED) is 0.395. The van der Waals surface area contributed by atoms with Gasteiger partial charge in [-0.25, -0.2) is 0 Å². The molecule has 130 valence electrons. The number of nitrogens with zero attached hydrogens (tertiary/aromatic N) is 3. The Labute approximate surface area is 157 Å². The Kier molecular flexibility index (Phi) is 11.0. The van der Waals surface area contributed by atoms with Crippen molar-refractivity contribution in [3.05, 3.63) is 30.1 Å². The minimum absolute atomic E-state index is 0. The largest absolute Gasteiger partial charge is 0.357 e. The SMILES string of the molecule is CCNC(=NCCN1CCCCC1)NCCc1ccccn1.I. The van der Waals surface area contributed by atoms with E-state index in [-0.39, 0.29) is 24.0 Å².